The molecule has 0 amide bonds. The topological polar surface area (TPSA) is 72.8 Å². The molecule has 5 nitrogen and oxygen atoms in total. The summed E-state index contributed by atoms with van der Waals surface area (Å²) in [5, 5.41) is 8.36. The van der Waals surface area contributed by atoms with Crippen molar-refractivity contribution in [3.63, 3.8) is 0 Å². The van der Waals surface area contributed by atoms with Crippen LogP contribution in [0.2, 0.25) is 0 Å². The molecular weight excluding hydrogens is 332 g/mol. The van der Waals surface area contributed by atoms with E-state index in [1.807, 2.05) is 0 Å². The van der Waals surface area contributed by atoms with E-state index in [2.05, 4.69) is 20.4 Å². The molecule has 1 N–H and O–H groups in total. The second-order valence-electron chi connectivity index (χ2n) is 6.06. The number of hydrogen-bond donors (Lipinski definition) is 1. The number of rotatable bonds is 10. The fourth-order valence-corrected chi connectivity index (χ4v) is 1.95. The van der Waals surface area contributed by atoms with Crippen LogP contribution in [0.15, 0.2) is 43.0 Å². The van der Waals surface area contributed by atoms with Crippen molar-refractivity contribution in [3.8, 4) is 5.75 Å². The number of hydrogen-bond acceptors (Lipinski definition) is 4. The predicted molar refractivity (Wildman–Crippen MR) is 104 cm³/mol. The maximum absolute atomic E-state index is 10.6. The van der Waals surface area contributed by atoms with Crippen molar-refractivity contribution in [1.82, 2.24) is 0 Å². The molecule has 0 aromatic heterocycles. The Balaban J connectivity index is 0.000000481. The highest BCUT2D eigenvalue weighted by molar-refractivity contribution is 5.85. The van der Waals surface area contributed by atoms with Crippen molar-refractivity contribution < 1.29 is 24.2 Å². The van der Waals surface area contributed by atoms with E-state index in [-0.39, 0.29) is 5.97 Å². The van der Waals surface area contributed by atoms with Gasteiger partial charge in [0.15, 0.2) is 0 Å². The molecule has 0 saturated heterocycles. The van der Waals surface area contributed by atoms with Crippen LogP contribution >= 0.6 is 0 Å². The Morgan fingerprint density at radius 2 is 1.81 bits per heavy atom. The van der Waals surface area contributed by atoms with Crippen LogP contribution in [0, 0.1) is 5.92 Å². The molecule has 1 aromatic rings. The van der Waals surface area contributed by atoms with Crippen LogP contribution in [0.1, 0.15) is 45.1 Å². The van der Waals surface area contributed by atoms with Gasteiger partial charge in [-0.2, -0.15) is 0 Å². The lowest BCUT2D eigenvalue weighted by molar-refractivity contribution is -0.138. The van der Waals surface area contributed by atoms with Gasteiger partial charge in [-0.25, -0.2) is 9.59 Å². The fraction of sp³-hybridized carbons (Fsp3) is 0.429. The van der Waals surface area contributed by atoms with E-state index in [4.69, 9.17) is 14.6 Å². The van der Waals surface area contributed by atoms with Gasteiger partial charge in [-0.05, 0) is 36.1 Å². The molecule has 0 radical (unpaired) electrons. The summed E-state index contributed by atoms with van der Waals surface area (Å²) in [6.07, 6.45) is 8.42. The van der Waals surface area contributed by atoms with Gasteiger partial charge in [-0.1, -0.05) is 51.8 Å². The molecule has 0 unspecified atom stereocenters. The average Bonchev–Trinajstić information content (AvgIpc) is 2.63. The molecule has 0 heterocycles. The molecule has 26 heavy (non-hydrogen) atoms. The number of carbonyl (C=O) groups is 2. The third-order valence-corrected chi connectivity index (χ3v) is 3.37. The summed E-state index contributed by atoms with van der Waals surface area (Å²) in [5.74, 6) is 0.267. The molecule has 0 fully saturated rings. The number of benzene rings is 1. The summed E-state index contributed by atoms with van der Waals surface area (Å²) < 4.78 is 9.80. The fourth-order valence-electron chi connectivity index (χ4n) is 1.95. The zero-order valence-corrected chi connectivity index (χ0v) is 15.9. The van der Waals surface area contributed by atoms with Crippen LogP contribution < -0.4 is 4.74 Å². The van der Waals surface area contributed by atoms with E-state index in [1.54, 1.807) is 31.4 Å². The lowest BCUT2D eigenvalue weighted by Gasteiger charge is -2.04. The molecule has 0 spiro atoms. The number of ether oxygens (including phenoxy) is 2. The first-order chi connectivity index (χ1) is 12.4. The average molecular weight is 362 g/mol. The van der Waals surface area contributed by atoms with Crippen molar-refractivity contribution in [1.29, 1.82) is 0 Å². The van der Waals surface area contributed by atoms with Crippen molar-refractivity contribution in [2.24, 2.45) is 5.92 Å². The molecule has 0 aliphatic heterocycles. The van der Waals surface area contributed by atoms with Gasteiger partial charge < -0.3 is 14.6 Å². The molecule has 0 atom stereocenters. The van der Waals surface area contributed by atoms with Gasteiger partial charge in [0, 0.05) is 12.2 Å². The minimum absolute atomic E-state index is 0.316. The van der Waals surface area contributed by atoms with Crippen molar-refractivity contribution in [2.75, 3.05) is 13.7 Å². The van der Waals surface area contributed by atoms with Gasteiger partial charge in [-0.3, -0.25) is 0 Å². The molecule has 0 saturated carbocycles. The molecular formula is C21H30O5. The molecule has 1 aromatic carbocycles. The first-order valence-corrected chi connectivity index (χ1v) is 8.73. The molecule has 1 rings (SSSR count). The standard InChI is InChI=1S/C11H20O2.C10H10O3/c1-4-11(12)13-9-7-5-6-8-10(2)3;1-13-9-5-2-8(3-6-9)4-7-10(11)12/h4,10H,1,5-9H2,2-3H3;2-7H,1H3,(H,11,12). The monoisotopic (exact) mass is 362 g/mol. The third kappa shape index (κ3) is 13.8. The minimum atomic E-state index is -0.948. The normalized spacial score (nSPS) is 10.2. The molecule has 0 aliphatic carbocycles. The van der Waals surface area contributed by atoms with E-state index < -0.39 is 5.97 Å². The summed E-state index contributed by atoms with van der Waals surface area (Å²) in [7, 11) is 1.59. The lowest BCUT2D eigenvalue weighted by atomic mass is 10.1. The zero-order valence-electron chi connectivity index (χ0n) is 15.9. The molecule has 5 heteroatoms. The lowest BCUT2D eigenvalue weighted by Crippen LogP contribution is -2.01. The van der Waals surface area contributed by atoms with Crippen LogP contribution in [-0.2, 0) is 14.3 Å². The highest BCUT2D eigenvalue weighted by atomic mass is 16.5. The SMILES string of the molecule is C=CC(=O)OCCCCCC(C)C.COc1ccc(C=CC(=O)O)cc1. The summed E-state index contributed by atoms with van der Waals surface area (Å²) in [6.45, 7) is 8.29. The van der Waals surface area contributed by atoms with Crippen LogP contribution in [0.25, 0.3) is 6.08 Å². The number of unbranched alkanes of at least 4 members (excludes halogenated alkanes) is 2. The Bertz CT molecular complexity index is 558. The largest absolute Gasteiger partial charge is 0.497 e. The number of esters is 1. The number of carbonyl (C=O) groups excluding carboxylic acids is 1. The maximum Gasteiger partial charge on any atom is 0.330 e. The van der Waals surface area contributed by atoms with Gasteiger partial charge in [0.05, 0.1) is 13.7 Å². The third-order valence-electron chi connectivity index (χ3n) is 3.37. The Morgan fingerprint density at radius 3 is 2.31 bits per heavy atom. The van der Waals surface area contributed by atoms with E-state index in [0.717, 1.165) is 36.1 Å². The highest BCUT2D eigenvalue weighted by Crippen LogP contribution is 2.12. The van der Waals surface area contributed by atoms with Crippen molar-refractivity contribution in [3.05, 3.63) is 48.6 Å². The Hall–Kier alpha value is -2.56. The van der Waals surface area contributed by atoms with Gasteiger partial charge >= 0.3 is 11.9 Å². The Kier molecular flexibility index (Phi) is 13.3. The second-order valence-corrected chi connectivity index (χ2v) is 6.06. The summed E-state index contributed by atoms with van der Waals surface area (Å²) in [4.78, 5) is 20.8. The highest BCUT2D eigenvalue weighted by Gasteiger charge is 1.96. The van der Waals surface area contributed by atoms with E-state index in [1.165, 1.54) is 25.0 Å². The van der Waals surface area contributed by atoms with Gasteiger partial charge in [0.2, 0.25) is 0 Å². The Labute approximate surface area is 156 Å². The second kappa shape index (κ2) is 14.8. The predicted octanol–water partition coefficient (Wildman–Crippen LogP) is 4.73. The Morgan fingerprint density at radius 1 is 1.15 bits per heavy atom. The quantitative estimate of drug-likeness (QED) is 0.370. The van der Waals surface area contributed by atoms with Crippen LogP contribution in [0.5, 0.6) is 5.75 Å². The molecule has 0 bridgehead atoms. The van der Waals surface area contributed by atoms with Crippen molar-refractivity contribution in [2.45, 2.75) is 39.5 Å². The maximum atomic E-state index is 10.6. The molecule has 0 aliphatic rings. The first kappa shape index (κ1) is 23.4. The summed E-state index contributed by atoms with van der Waals surface area (Å²) in [6, 6.07) is 7.14. The summed E-state index contributed by atoms with van der Waals surface area (Å²) in [5.41, 5.74) is 0.836. The number of carboxylic acids is 1. The van der Waals surface area contributed by atoms with Crippen LogP contribution in [-0.4, -0.2) is 30.8 Å². The van der Waals surface area contributed by atoms with Crippen molar-refractivity contribution >= 4 is 18.0 Å². The van der Waals surface area contributed by atoms with E-state index >= 15 is 0 Å². The zero-order chi connectivity index (χ0) is 19.8. The van der Waals surface area contributed by atoms with Gasteiger partial charge in [-0.15, -0.1) is 0 Å². The van der Waals surface area contributed by atoms with Crippen LogP contribution in [0.4, 0.5) is 0 Å². The first-order valence-electron chi connectivity index (χ1n) is 8.73. The summed E-state index contributed by atoms with van der Waals surface area (Å²) >= 11 is 0. The van der Waals surface area contributed by atoms with Gasteiger partial charge in [0.25, 0.3) is 0 Å². The molecule has 144 valence electrons. The number of carboxylic acid groups (broad SMARTS) is 1. The van der Waals surface area contributed by atoms with E-state index in [9.17, 15) is 9.59 Å². The number of methoxy groups -OCH3 is 1. The minimum Gasteiger partial charge on any atom is -0.497 e. The van der Waals surface area contributed by atoms with E-state index in [0.29, 0.717) is 6.61 Å². The number of aliphatic carboxylic acids is 1. The smallest absolute Gasteiger partial charge is 0.330 e. The van der Waals surface area contributed by atoms with Crippen LogP contribution in [0.3, 0.4) is 0 Å². The van der Waals surface area contributed by atoms with Gasteiger partial charge in [0.1, 0.15) is 5.75 Å².